The van der Waals surface area contributed by atoms with Gasteiger partial charge in [0.2, 0.25) is 0 Å². The van der Waals surface area contributed by atoms with Crippen molar-refractivity contribution in [3.63, 3.8) is 0 Å². The van der Waals surface area contributed by atoms with E-state index in [1.807, 2.05) is 32.2 Å². The maximum absolute atomic E-state index is 12.0. The SMILES string of the molecule is Cc1cc(C(=O)Nc2ccc3cnn(C)c3c2)n[nH]1. The smallest absolute Gasteiger partial charge is 0.276 e. The first-order valence-corrected chi connectivity index (χ1v) is 5.88. The lowest BCUT2D eigenvalue weighted by Gasteiger charge is -2.03. The molecule has 0 atom stereocenters. The number of benzene rings is 1. The van der Waals surface area contributed by atoms with Crippen LogP contribution in [0.3, 0.4) is 0 Å². The number of aromatic amines is 1. The molecule has 6 nitrogen and oxygen atoms in total. The lowest BCUT2D eigenvalue weighted by molar-refractivity contribution is 0.102. The molecule has 0 aliphatic rings. The third-order valence-electron chi connectivity index (χ3n) is 2.95. The van der Waals surface area contributed by atoms with Crippen molar-refractivity contribution in [3.8, 4) is 0 Å². The minimum Gasteiger partial charge on any atom is -0.321 e. The Morgan fingerprint density at radius 2 is 2.21 bits per heavy atom. The lowest BCUT2D eigenvalue weighted by atomic mass is 10.2. The van der Waals surface area contributed by atoms with Gasteiger partial charge >= 0.3 is 0 Å². The zero-order chi connectivity index (χ0) is 13.4. The van der Waals surface area contributed by atoms with Crippen LogP contribution < -0.4 is 5.32 Å². The summed E-state index contributed by atoms with van der Waals surface area (Å²) in [5, 5.41) is 14.7. The second-order valence-corrected chi connectivity index (χ2v) is 4.43. The van der Waals surface area contributed by atoms with Crippen molar-refractivity contribution in [1.82, 2.24) is 20.0 Å². The summed E-state index contributed by atoms with van der Waals surface area (Å²) in [6.07, 6.45) is 1.79. The predicted octanol–water partition coefficient (Wildman–Crippen LogP) is 1.86. The Hall–Kier alpha value is -2.63. The standard InChI is InChI=1S/C13H13N5O/c1-8-5-11(17-16-8)13(19)15-10-4-3-9-7-14-18(2)12(9)6-10/h3-7H,1-2H3,(H,15,19)(H,16,17). The van der Waals surface area contributed by atoms with Gasteiger partial charge in [-0.05, 0) is 31.2 Å². The van der Waals surface area contributed by atoms with Crippen LogP contribution in [0.1, 0.15) is 16.2 Å². The molecule has 0 unspecified atom stereocenters. The van der Waals surface area contributed by atoms with Gasteiger partial charge in [0.05, 0.1) is 11.7 Å². The number of anilines is 1. The topological polar surface area (TPSA) is 75.6 Å². The Balaban J connectivity index is 1.88. The molecule has 6 heteroatoms. The Bertz CT molecular complexity index is 755. The van der Waals surface area contributed by atoms with Gasteiger partial charge in [0, 0.05) is 23.8 Å². The van der Waals surface area contributed by atoms with Crippen LogP contribution in [0.5, 0.6) is 0 Å². The summed E-state index contributed by atoms with van der Waals surface area (Å²) in [5.41, 5.74) is 2.92. The van der Waals surface area contributed by atoms with E-state index in [1.165, 1.54) is 0 Å². The number of rotatable bonds is 2. The highest BCUT2D eigenvalue weighted by Gasteiger charge is 2.10. The van der Waals surface area contributed by atoms with Crippen LogP contribution in [-0.4, -0.2) is 25.9 Å². The quantitative estimate of drug-likeness (QED) is 0.733. The largest absolute Gasteiger partial charge is 0.321 e. The molecule has 0 saturated heterocycles. The molecule has 0 fully saturated rings. The van der Waals surface area contributed by atoms with Crippen LogP contribution in [0, 0.1) is 6.92 Å². The van der Waals surface area contributed by atoms with Crippen molar-refractivity contribution in [2.75, 3.05) is 5.32 Å². The highest BCUT2D eigenvalue weighted by Crippen LogP contribution is 2.18. The molecule has 2 N–H and O–H groups in total. The normalized spacial score (nSPS) is 10.8. The zero-order valence-electron chi connectivity index (χ0n) is 10.6. The van der Waals surface area contributed by atoms with Crippen molar-refractivity contribution >= 4 is 22.5 Å². The zero-order valence-corrected chi connectivity index (χ0v) is 10.6. The Labute approximate surface area is 109 Å². The molecule has 1 aromatic carbocycles. The average Bonchev–Trinajstić information content (AvgIpc) is 2.97. The summed E-state index contributed by atoms with van der Waals surface area (Å²) in [6, 6.07) is 7.37. The number of carbonyl (C=O) groups excluding carboxylic acids is 1. The summed E-state index contributed by atoms with van der Waals surface area (Å²) in [6.45, 7) is 1.85. The van der Waals surface area contributed by atoms with Crippen LogP contribution in [0.2, 0.25) is 0 Å². The molecule has 3 aromatic rings. The van der Waals surface area contributed by atoms with Gasteiger partial charge in [0.15, 0.2) is 5.69 Å². The molecule has 1 amide bonds. The number of hydrogen-bond donors (Lipinski definition) is 2. The van der Waals surface area contributed by atoms with Gasteiger partial charge in [0.1, 0.15) is 0 Å². The maximum Gasteiger partial charge on any atom is 0.276 e. The number of amides is 1. The van der Waals surface area contributed by atoms with Crippen molar-refractivity contribution in [2.24, 2.45) is 7.05 Å². The maximum atomic E-state index is 12.0. The lowest BCUT2D eigenvalue weighted by Crippen LogP contribution is -2.12. The van der Waals surface area contributed by atoms with Crippen molar-refractivity contribution in [2.45, 2.75) is 6.92 Å². The van der Waals surface area contributed by atoms with Crippen LogP contribution >= 0.6 is 0 Å². The number of aryl methyl sites for hydroxylation is 2. The van der Waals surface area contributed by atoms with E-state index in [0.29, 0.717) is 5.69 Å². The minimum absolute atomic E-state index is 0.231. The summed E-state index contributed by atoms with van der Waals surface area (Å²) in [4.78, 5) is 12.0. The van der Waals surface area contributed by atoms with Gasteiger partial charge in [-0.3, -0.25) is 14.6 Å². The molecule has 2 aromatic heterocycles. The van der Waals surface area contributed by atoms with Gasteiger partial charge in [-0.25, -0.2) is 0 Å². The molecule has 0 radical (unpaired) electrons. The molecule has 2 heterocycles. The van der Waals surface area contributed by atoms with E-state index in [0.717, 1.165) is 22.3 Å². The van der Waals surface area contributed by atoms with Crippen LogP contribution in [0.4, 0.5) is 5.69 Å². The predicted molar refractivity (Wildman–Crippen MR) is 72.0 cm³/mol. The molecule has 0 spiro atoms. The van der Waals surface area contributed by atoms with E-state index in [2.05, 4.69) is 20.6 Å². The minimum atomic E-state index is -0.231. The molecule has 0 aliphatic heterocycles. The Morgan fingerprint density at radius 1 is 1.37 bits per heavy atom. The molecular weight excluding hydrogens is 242 g/mol. The monoisotopic (exact) mass is 255 g/mol. The summed E-state index contributed by atoms with van der Waals surface area (Å²) < 4.78 is 1.77. The Kier molecular flexibility index (Phi) is 2.56. The summed E-state index contributed by atoms with van der Waals surface area (Å²) in [5.74, 6) is -0.231. The molecule has 19 heavy (non-hydrogen) atoms. The molecule has 0 saturated carbocycles. The number of hydrogen-bond acceptors (Lipinski definition) is 3. The van der Waals surface area contributed by atoms with Gasteiger partial charge in [-0.2, -0.15) is 10.2 Å². The fourth-order valence-electron chi connectivity index (χ4n) is 1.95. The first-order valence-electron chi connectivity index (χ1n) is 5.88. The second kappa shape index (κ2) is 4.24. The van der Waals surface area contributed by atoms with Gasteiger partial charge < -0.3 is 5.32 Å². The number of nitrogens with one attached hydrogen (secondary N) is 2. The second-order valence-electron chi connectivity index (χ2n) is 4.43. The van der Waals surface area contributed by atoms with Crippen LogP contribution in [0.25, 0.3) is 10.9 Å². The highest BCUT2D eigenvalue weighted by atomic mass is 16.1. The summed E-state index contributed by atoms with van der Waals surface area (Å²) in [7, 11) is 1.87. The number of H-pyrrole nitrogens is 1. The first-order chi connectivity index (χ1) is 9.13. The molecule has 0 aliphatic carbocycles. The van der Waals surface area contributed by atoms with E-state index in [9.17, 15) is 4.79 Å². The van der Waals surface area contributed by atoms with Gasteiger partial charge in [0.25, 0.3) is 5.91 Å². The van der Waals surface area contributed by atoms with Crippen molar-refractivity contribution in [1.29, 1.82) is 0 Å². The van der Waals surface area contributed by atoms with E-state index >= 15 is 0 Å². The van der Waals surface area contributed by atoms with Gasteiger partial charge in [-0.15, -0.1) is 0 Å². The third-order valence-corrected chi connectivity index (χ3v) is 2.95. The molecular formula is C13H13N5O. The third kappa shape index (κ3) is 2.08. The first kappa shape index (κ1) is 11.5. The number of carbonyl (C=O) groups is 1. The number of nitrogens with zero attached hydrogens (tertiary/aromatic N) is 3. The van der Waals surface area contributed by atoms with E-state index < -0.39 is 0 Å². The fourth-order valence-corrected chi connectivity index (χ4v) is 1.95. The van der Waals surface area contributed by atoms with E-state index in [4.69, 9.17) is 0 Å². The average molecular weight is 255 g/mol. The number of aromatic nitrogens is 4. The van der Waals surface area contributed by atoms with Gasteiger partial charge in [-0.1, -0.05) is 0 Å². The van der Waals surface area contributed by atoms with E-state index in [-0.39, 0.29) is 5.91 Å². The molecule has 0 bridgehead atoms. The van der Waals surface area contributed by atoms with Crippen LogP contribution in [0.15, 0.2) is 30.5 Å². The van der Waals surface area contributed by atoms with Crippen molar-refractivity contribution < 1.29 is 4.79 Å². The molecule has 3 rings (SSSR count). The van der Waals surface area contributed by atoms with E-state index in [1.54, 1.807) is 16.9 Å². The van der Waals surface area contributed by atoms with Crippen molar-refractivity contribution in [3.05, 3.63) is 41.9 Å². The Morgan fingerprint density at radius 3 is 2.95 bits per heavy atom. The fraction of sp³-hybridized carbons (Fsp3) is 0.154. The molecule has 96 valence electrons. The summed E-state index contributed by atoms with van der Waals surface area (Å²) >= 11 is 0. The number of fused-ring (bicyclic) bond motifs is 1. The highest BCUT2D eigenvalue weighted by molar-refractivity contribution is 6.03. The van der Waals surface area contributed by atoms with Crippen LogP contribution in [-0.2, 0) is 7.05 Å².